The maximum atomic E-state index is 13.1. The average molecular weight is 1340 g/mol. The summed E-state index contributed by atoms with van der Waals surface area (Å²) in [6.45, 7) is 6.59. The second-order valence-corrected chi connectivity index (χ2v) is 22.2. The molecule has 0 bridgehead atoms. The average Bonchev–Trinajstić information content (AvgIpc) is 1.66. The van der Waals surface area contributed by atoms with E-state index >= 15 is 0 Å². The van der Waals surface area contributed by atoms with Crippen LogP contribution < -0.4 is 41.7 Å². The molecule has 0 unspecified atom stereocenters. The van der Waals surface area contributed by atoms with Crippen molar-refractivity contribution in [2.24, 2.45) is 28.2 Å². The van der Waals surface area contributed by atoms with Gasteiger partial charge >= 0.3 is 35.6 Å². The molecule has 0 aliphatic rings. The number of imidazole rings is 4. The van der Waals surface area contributed by atoms with E-state index in [1.165, 1.54) is 61.6 Å². The van der Waals surface area contributed by atoms with Gasteiger partial charge in [0.1, 0.15) is 61.9 Å². The van der Waals surface area contributed by atoms with Crippen LogP contribution in [0.1, 0.15) is 75.5 Å². The molecule has 0 saturated carbocycles. The second kappa shape index (κ2) is 27.4. The fraction of sp³-hybridized carbons (Fsp3) is 0.378. The Balaban J connectivity index is 0.000000148. The van der Waals surface area contributed by atoms with Crippen molar-refractivity contribution in [3.05, 3.63) is 136 Å². The Morgan fingerprint density at radius 3 is 1.01 bits per heavy atom. The van der Waals surface area contributed by atoms with Crippen molar-refractivity contribution in [1.82, 2.24) is 137 Å². The lowest BCUT2D eigenvalue weighted by atomic mass is 10.1. The Labute approximate surface area is 521 Å². The summed E-state index contributed by atoms with van der Waals surface area (Å²) in [5.41, 5.74) is -1.59. The van der Waals surface area contributed by atoms with E-state index < -0.39 is 42.2 Å². The van der Waals surface area contributed by atoms with Crippen LogP contribution in [0, 0.1) is 0 Å². The molecule has 0 saturated heterocycles. The summed E-state index contributed by atoms with van der Waals surface area (Å²) >= 11 is 4.50. The van der Waals surface area contributed by atoms with E-state index in [-0.39, 0.29) is 94.1 Å². The molecular formula is C45H49F5N28O8S4. The molecule has 0 aliphatic heterocycles. The number of alkyl halides is 5. The molecule has 0 N–H and O–H groups in total. The van der Waals surface area contributed by atoms with Crippen molar-refractivity contribution in [1.29, 1.82) is 0 Å². The smallest absolute Gasteiger partial charge is 0.463 e. The predicted octanol–water partition coefficient (Wildman–Crippen LogP) is 3.00. The molecule has 45 heteroatoms. The van der Waals surface area contributed by atoms with E-state index in [0.717, 1.165) is 61.8 Å². The van der Waals surface area contributed by atoms with Gasteiger partial charge in [0.15, 0.2) is 23.3 Å². The zero-order chi connectivity index (χ0) is 68.1. The molecule has 12 aromatic heterocycles. The van der Waals surface area contributed by atoms with Gasteiger partial charge in [-0.3, -0.25) is 4.57 Å². The summed E-state index contributed by atoms with van der Waals surface area (Å²) in [5, 5.41) is 36.0. The summed E-state index contributed by atoms with van der Waals surface area (Å²) in [7, 11) is 5.71. The minimum Gasteiger partial charge on any atom is -0.463 e. The van der Waals surface area contributed by atoms with Crippen LogP contribution >= 0.6 is 45.3 Å². The Kier molecular flexibility index (Phi) is 17.9. The van der Waals surface area contributed by atoms with Crippen molar-refractivity contribution in [2.45, 2.75) is 85.5 Å². The predicted molar refractivity (Wildman–Crippen MR) is 303 cm³/mol. The molecule has 0 spiro atoms. The molecule has 12 heterocycles. The first-order valence-corrected chi connectivity index (χ1v) is 28.8. The highest BCUT2D eigenvalue weighted by Gasteiger charge is 2.36. The molecule has 0 fully saturated rings. The third kappa shape index (κ3) is 14.5. The van der Waals surface area contributed by atoms with E-state index in [2.05, 4.69) is 81.6 Å². The topological polar surface area (TPSA) is 371 Å². The number of rotatable bonds is 18. The molecule has 0 amide bonds. The van der Waals surface area contributed by atoms with Crippen molar-refractivity contribution in [3.63, 3.8) is 0 Å². The van der Waals surface area contributed by atoms with Gasteiger partial charge < -0.3 is 28.1 Å². The molecule has 0 radical (unpaired) electrons. The van der Waals surface area contributed by atoms with Crippen LogP contribution in [0.2, 0.25) is 0 Å². The minimum absolute atomic E-state index is 0.0118. The van der Waals surface area contributed by atoms with Crippen LogP contribution in [-0.2, 0) is 66.5 Å². The number of ether oxygens (including phenoxy) is 4. The first-order chi connectivity index (χ1) is 44.5. The maximum absolute atomic E-state index is 13.1. The van der Waals surface area contributed by atoms with Gasteiger partial charge in [-0.25, -0.2) is 63.6 Å². The summed E-state index contributed by atoms with van der Waals surface area (Å²) in [6, 6.07) is 0.130. The van der Waals surface area contributed by atoms with E-state index in [1.54, 1.807) is 23.4 Å². The molecular weight excluding hydrogens is 1280 g/mol. The minimum atomic E-state index is -4.76. The van der Waals surface area contributed by atoms with Crippen LogP contribution in [0.4, 0.5) is 22.0 Å². The van der Waals surface area contributed by atoms with E-state index in [4.69, 9.17) is 24.4 Å². The van der Waals surface area contributed by atoms with Gasteiger partial charge in [0.25, 0.3) is 20.8 Å². The standard InChI is InChI=1S/C13H17N7O2S.C12H15N7O2S.C10H8F3N7O2S.C10H9F2N7O2S/c1-13(2,3)19-8-15-10(20-12(21)18(4)16-17-20)9(19)7-22-11-14-5-6-23-11;1-8(2)18-7-14-10(19-12(20)17(3)15-16-19)9(18)6-21-11-13-4-5-22-11;1-18-9(21)20(17-16-18)7-6(4-22-8-14-2-3-23-8)19(5-15-7)10(11,12)13;1-17-10(20)19(16-15-17)7-6(18(5-14-7)8(11)12)4-21-9-13-2-3-22-9/h5-6,8H,7H2,1-4H3;4-5,7-8H,6H2,1-3H3;2-3,5H,4H2,1H3;2-3,5,8H,4H2,1H3/i5T;4T;2*2T. The van der Waals surface area contributed by atoms with Crippen LogP contribution in [0.25, 0.3) is 23.3 Å². The lowest BCUT2D eigenvalue weighted by Gasteiger charge is -2.23. The zero-order valence-electron chi connectivity index (χ0n) is 51.9. The lowest BCUT2D eigenvalue weighted by molar-refractivity contribution is -0.206. The number of nitrogens with zero attached hydrogens (tertiary/aromatic N) is 28. The third-order valence-corrected chi connectivity index (χ3v) is 14.2. The number of aryl methyl sites for hydroxylation is 4. The third-order valence-electron chi connectivity index (χ3n) is 11.7. The first-order valence-electron chi connectivity index (χ1n) is 27.3. The quantitative estimate of drug-likeness (QED) is 0.111. The Hall–Kier alpha value is -10.3. The summed E-state index contributed by atoms with van der Waals surface area (Å²) < 4.78 is 129. The molecule has 0 aromatic carbocycles. The van der Waals surface area contributed by atoms with Crippen molar-refractivity contribution < 1.29 is 46.4 Å². The Morgan fingerprint density at radius 1 is 0.444 bits per heavy atom. The molecule has 36 nitrogen and oxygen atoms in total. The van der Waals surface area contributed by atoms with Crippen LogP contribution in [0.15, 0.2) is 90.7 Å². The number of halogens is 5. The van der Waals surface area contributed by atoms with E-state index in [1.807, 2.05) is 43.8 Å². The SMILES string of the molecule is [3H]c1csc(OCc2c(-n3nnn(C)c3=O)ncn2C(C)(C)C)n1.[3H]c1csc(OCc2c(-n3nnn(C)c3=O)ncn2C(C)C)n1.[3H]c1csc(OCc2c(-n3nnn(C)c3=O)ncn2C(F)(F)F)n1.[3H]c1csc(OCc2c(-n3nnn(C)c3=O)ncn2C(F)F)n1. The molecule has 90 heavy (non-hydrogen) atoms. The summed E-state index contributed by atoms with van der Waals surface area (Å²) in [5.74, 6) is 0.282. The van der Waals surface area contributed by atoms with Crippen molar-refractivity contribution in [3.8, 4) is 44.0 Å². The number of hydrogen-bond acceptors (Lipinski definition) is 28. The van der Waals surface area contributed by atoms with Gasteiger partial charge in [-0.15, -0.1) is 31.9 Å². The largest absolute Gasteiger partial charge is 0.490 e. The van der Waals surface area contributed by atoms with Crippen molar-refractivity contribution >= 4 is 45.3 Å². The van der Waals surface area contributed by atoms with E-state index in [0.29, 0.717) is 49.0 Å². The number of thiazole rings is 4. The monoisotopic (exact) mass is 1340 g/mol. The van der Waals surface area contributed by atoms with Crippen LogP contribution in [0.5, 0.6) is 20.8 Å². The normalized spacial score (nSPS) is 12.2. The second-order valence-electron chi connectivity index (χ2n) is 18.9. The highest BCUT2D eigenvalue weighted by Crippen LogP contribution is 2.29. The summed E-state index contributed by atoms with van der Waals surface area (Å²) in [4.78, 5) is 79.2. The summed E-state index contributed by atoms with van der Waals surface area (Å²) in [6.07, 6.45) is 0.189. The molecule has 476 valence electrons. The van der Waals surface area contributed by atoms with Gasteiger partial charge in [-0.05, 0) is 76.3 Å². The van der Waals surface area contributed by atoms with Crippen LogP contribution in [-0.4, -0.2) is 137 Å². The highest BCUT2D eigenvalue weighted by atomic mass is 32.1. The van der Waals surface area contributed by atoms with Gasteiger partial charge in [-0.1, -0.05) is 45.3 Å². The number of hydrogen-bond donors (Lipinski definition) is 0. The fourth-order valence-electron chi connectivity index (χ4n) is 7.45. The number of aromatic nitrogens is 28. The van der Waals surface area contributed by atoms with Crippen LogP contribution in [0.3, 0.4) is 0 Å². The first kappa shape index (κ1) is 58.7. The molecule has 0 atom stereocenters. The highest BCUT2D eigenvalue weighted by molar-refractivity contribution is 7.12. The lowest BCUT2D eigenvalue weighted by Crippen LogP contribution is -2.27. The molecule has 12 rings (SSSR count). The Morgan fingerprint density at radius 2 is 0.733 bits per heavy atom. The van der Waals surface area contributed by atoms with Gasteiger partial charge in [0.2, 0.25) is 0 Å². The van der Waals surface area contributed by atoms with Gasteiger partial charge in [-0.2, -0.15) is 27.5 Å². The molecule has 12 aromatic rings. The van der Waals surface area contributed by atoms with Gasteiger partial charge in [0.05, 0.1) is 18.1 Å². The Bertz CT molecular complexity index is 4500. The van der Waals surface area contributed by atoms with E-state index in [9.17, 15) is 41.1 Å². The van der Waals surface area contributed by atoms with Gasteiger partial charge in [0, 0.05) is 86.0 Å². The molecule has 0 aliphatic carbocycles. The maximum Gasteiger partial charge on any atom is 0.490 e. The zero-order valence-corrected chi connectivity index (χ0v) is 51.2. The number of tetrazole rings is 4. The van der Waals surface area contributed by atoms with Crippen molar-refractivity contribution in [2.75, 3.05) is 0 Å². The fourth-order valence-corrected chi connectivity index (χ4v) is 9.20.